The summed E-state index contributed by atoms with van der Waals surface area (Å²) in [6.07, 6.45) is -3.09. The molecule has 1 rings (SSSR count). The minimum absolute atomic E-state index is 0.0772. The number of nitrogens with one attached hydrogen (secondary N) is 1. The highest BCUT2D eigenvalue weighted by Crippen LogP contribution is 2.16. The van der Waals surface area contributed by atoms with Crippen LogP contribution in [0.15, 0.2) is 6.20 Å². The first-order valence-electron chi connectivity index (χ1n) is 5.36. The standard InChI is InChI=1S/C10H13ClF3N3O2/c1-19-3-2-17-9(7(11)4-16-17)8(18)5-15-6-10(12,13)14/h4,15H,2-3,5-6H2,1H3. The van der Waals surface area contributed by atoms with Crippen molar-refractivity contribution in [1.82, 2.24) is 15.1 Å². The number of Topliss-reactive ketones (excluding diaryl/α,β-unsaturated/α-hetero) is 1. The van der Waals surface area contributed by atoms with E-state index in [0.717, 1.165) is 0 Å². The molecule has 0 radical (unpaired) electrons. The minimum atomic E-state index is -4.36. The molecule has 0 aromatic carbocycles. The summed E-state index contributed by atoms with van der Waals surface area (Å²) < 4.78 is 42.0. The molecular weight excluding hydrogens is 287 g/mol. The van der Waals surface area contributed by atoms with Crippen molar-refractivity contribution in [2.75, 3.05) is 26.8 Å². The van der Waals surface area contributed by atoms with Gasteiger partial charge in [0.2, 0.25) is 0 Å². The third kappa shape index (κ3) is 5.17. The Morgan fingerprint density at radius 2 is 2.26 bits per heavy atom. The summed E-state index contributed by atoms with van der Waals surface area (Å²) in [5, 5.41) is 5.99. The number of ether oxygens (including phenoxy) is 1. The zero-order valence-corrected chi connectivity index (χ0v) is 10.9. The number of nitrogens with zero attached hydrogens (tertiary/aromatic N) is 2. The predicted molar refractivity (Wildman–Crippen MR) is 62.4 cm³/mol. The average molecular weight is 300 g/mol. The van der Waals surface area contributed by atoms with Gasteiger partial charge in [-0.25, -0.2) is 0 Å². The summed E-state index contributed by atoms with van der Waals surface area (Å²) >= 11 is 5.79. The first-order valence-corrected chi connectivity index (χ1v) is 5.74. The van der Waals surface area contributed by atoms with Gasteiger partial charge in [0.1, 0.15) is 5.69 Å². The van der Waals surface area contributed by atoms with Crippen LogP contribution in [0.4, 0.5) is 13.2 Å². The highest BCUT2D eigenvalue weighted by atomic mass is 35.5. The van der Waals surface area contributed by atoms with Crippen LogP contribution in [-0.2, 0) is 11.3 Å². The number of rotatable bonds is 7. The quantitative estimate of drug-likeness (QED) is 0.776. The van der Waals surface area contributed by atoms with E-state index in [2.05, 4.69) is 5.10 Å². The number of hydrogen-bond acceptors (Lipinski definition) is 4. The summed E-state index contributed by atoms with van der Waals surface area (Å²) in [5.74, 6) is -0.553. The lowest BCUT2D eigenvalue weighted by Gasteiger charge is -2.09. The molecule has 0 fully saturated rings. The van der Waals surface area contributed by atoms with Crippen molar-refractivity contribution in [3.8, 4) is 0 Å². The van der Waals surface area contributed by atoms with E-state index in [0.29, 0.717) is 13.2 Å². The predicted octanol–water partition coefficient (Wildman–Crippen LogP) is 1.52. The normalized spacial score (nSPS) is 11.8. The van der Waals surface area contributed by atoms with E-state index in [1.54, 1.807) is 0 Å². The van der Waals surface area contributed by atoms with Crippen LogP contribution in [0.5, 0.6) is 0 Å². The zero-order chi connectivity index (χ0) is 14.5. The van der Waals surface area contributed by atoms with Gasteiger partial charge in [0.05, 0.1) is 37.5 Å². The second-order valence-electron chi connectivity index (χ2n) is 3.70. The van der Waals surface area contributed by atoms with Crippen LogP contribution in [0.25, 0.3) is 0 Å². The fourth-order valence-corrected chi connectivity index (χ4v) is 1.64. The molecule has 0 aliphatic carbocycles. The largest absolute Gasteiger partial charge is 0.401 e. The molecule has 0 unspecified atom stereocenters. The van der Waals surface area contributed by atoms with Crippen LogP contribution in [0.1, 0.15) is 10.5 Å². The zero-order valence-electron chi connectivity index (χ0n) is 10.1. The highest BCUT2D eigenvalue weighted by molar-refractivity contribution is 6.33. The van der Waals surface area contributed by atoms with E-state index in [1.807, 2.05) is 5.32 Å². The molecule has 0 spiro atoms. The second kappa shape index (κ2) is 6.88. The Morgan fingerprint density at radius 3 is 2.84 bits per heavy atom. The molecule has 1 aromatic heterocycles. The van der Waals surface area contributed by atoms with Gasteiger partial charge in [0.15, 0.2) is 5.78 Å². The lowest BCUT2D eigenvalue weighted by atomic mass is 10.2. The molecule has 0 aliphatic heterocycles. The van der Waals surface area contributed by atoms with E-state index < -0.39 is 25.0 Å². The van der Waals surface area contributed by atoms with Crippen molar-refractivity contribution in [2.24, 2.45) is 0 Å². The molecule has 0 saturated carbocycles. The third-order valence-corrected chi connectivity index (χ3v) is 2.45. The maximum absolute atomic E-state index is 11.9. The Balaban J connectivity index is 2.63. The molecule has 0 atom stereocenters. The van der Waals surface area contributed by atoms with E-state index in [-0.39, 0.29) is 10.7 Å². The van der Waals surface area contributed by atoms with Crippen LogP contribution in [0.3, 0.4) is 0 Å². The summed E-state index contributed by atoms with van der Waals surface area (Å²) in [4.78, 5) is 11.8. The first kappa shape index (κ1) is 15.9. The van der Waals surface area contributed by atoms with Crippen LogP contribution in [-0.4, -0.2) is 48.5 Å². The SMILES string of the molecule is COCCn1ncc(Cl)c1C(=O)CNCC(F)(F)F. The number of aromatic nitrogens is 2. The smallest absolute Gasteiger partial charge is 0.383 e. The number of hydrogen-bond donors (Lipinski definition) is 1. The van der Waals surface area contributed by atoms with E-state index in [4.69, 9.17) is 16.3 Å². The van der Waals surface area contributed by atoms with Crippen LogP contribution >= 0.6 is 11.6 Å². The van der Waals surface area contributed by atoms with Crippen molar-refractivity contribution in [3.63, 3.8) is 0 Å². The number of carbonyl (C=O) groups is 1. The van der Waals surface area contributed by atoms with Gasteiger partial charge in [-0.1, -0.05) is 11.6 Å². The van der Waals surface area contributed by atoms with Crippen molar-refractivity contribution >= 4 is 17.4 Å². The van der Waals surface area contributed by atoms with Gasteiger partial charge < -0.3 is 10.1 Å². The molecule has 0 amide bonds. The number of alkyl halides is 3. The first-order chi connectivity index (χ1) is 8.85. The Hall–Kier alpha value is -1.12. The Kier molecular flexibility index (Phi) is 5.77. The lowest BCUT2D eigenvalue weighted by molar-refractivity contribution is -0.124. The molecule has 1 N–H and O–H groups in total. The molecule has 108 valence electrons. The molecule has 0 aliphatic rings. The molecule has 19 heavy (non-hydrogen) atoms. The lowest BCUT2D eigenvalue weighted by Crippen LogP contribution is -2.33. The van der Waals surface area contributed by atoms with Gasteiger partial charge in [0.25, 0.3) is 0 Å². The molecule has 1 aromatic rings. The third-order valence-electron chi connectivity index (χ3n) is 2.18. The fraction of sp³-hybridized carbons (Fsp3) is 0.600. The molecule has 1 heterocycles. The monoisotopic (exact) mass is 299 g/mol. The molecule has 0 bridgehead atoms. The van der Waals surface area contributed by atoms with Crippen molar-refractivity contribution in [2.45, 2.75) is 12.7 Å². The van der Waals surface area contributed by atoms with Crippen LogP contribution in [0, 0.1) is 0 Å². The average Bonchev–Trinajstić information content (AvgIpc) is 2.66. The van der Waals surface area contributed by atoms with Crippen molar-refractivity contribution in [3.05, 3.63) is 16.9 Å². The van der Waals surface area contributed by atoms with Gasteiger partial charge in [0, 0.05) is 7.11 Å². The van der Waals surface area contributed by atoms with Crippen LogP contribution < -0.4 is 5.32 Å². The maximum Gasteiger partial charge on any atom is 0.401 e. The van der Waals surface area contributed by atoms with Gasteiger partial charge in [-0.2, -0.15) is 18.3 Å². The molecule has 9 heteroatoms. The Morgan fingerprint density at radius 1 is 1.58 bits per heavy atom. The van der Waals surface area contributed by atoms with E-state index in [9.17, 15) is 18.0 Å². The van der Waals surface area contributed by atoms with Gasteiger partial charge in [-0.15, -0.1) is 0 Å². The second-order valence-corrected chi connectivity index (χ2v) is 4.11. The fourth-order valence-electron chi connectivity index (χ4n) is 1.39. The van der Waals surface area contributed by atoms with E-state index >= 15 is 0 Å². The number of halogens is 4. The van der Waals surface area contributed by atoms with Gasteiger partial charge in [-0.3, -0.25) is 9.48 Å². The highest BCUT2D eigenvalue weighted by Gasteiger charge is 2.27. The summed E-state index contributed by atoms with van der Waals surface area (Å²) in [6.45, 7) is -1.09. The number of carbonyl (C=O) groups excluding carboxylic acids is 1. The van der Waals surface area contributed by atoms with Crippen LogP contribution in [0.2, 0.25) is 5.02 Å². The van der Waals surface area contributed by atoms with Gasteiger partial charge >= 0.3 is 6.18 Å². The van der Waals surface area contributed by atoms with Gasteiger partial charge in [-0.05, 0) is 0 Å². The summed E-state index contributed by atoms with van der Waals surface area (Å²) in [6, 6.07) is 0. The number of methoxy groups -OCH3 is 1. The van der Waals surface area contributed by atoms with Crippen molar-refractivity contribution < 1.29 is 22.7 Å². The molecule has 5 nitrogen and oxygen atoms in total. The molecule has 0 saturated heterocycles. The maximum atomic E-state index is 11.9. The molecular formula is C10H13ClF3N3O2. The van der Waals surface area contributed by atoms with Crippen molar-refractivity contribution in [1.29, 1.82) is 0 Å². The Bertz CT molecular complexity index is 434. The van der Waals surface area contributed by atoms with E-state index in [1.165, 1.54) is 18.0 Å². The topological polar surface area (TPSA) is 56.2 Å². The minimum Gasteiger partial charge on any atom is -0.383 e. The number of ketones is 1. The summed E-state index contributed by atoms with van der Waals surface area (Å²) in [7, 11) is 1.48. The summed E-state index contributed by atoms with van der Waals surface area (Å²) in [5.41, 5.74) is 0.0772. The Labute approximate surface area is 112 Å².